The second-order valence-corrected chi connectivity index (χ2v) is 8.15. The number of amides is 2. The van der Waals surface area contributed by atoms with Crippen molar-refractivity contribution in [1.82, 2.24) is 10.0 Å². The van der Waals surface area contributed by atoms with E-state index < -0.39 is 40.5 Å². The van der Waals surface area contributed by atoms with E-state index >= 15 is 0 Å². The standard InChI is InChI=1S/C20H19N3O6S/c1-13(21-19-15-9-5-6-10-16(15)30(27,28)23-19)20(26)29-12-18(25)22-17(24)11-14-7-3-2-4-8-14/h2-10,13H,11-12H2,1H3,(H,21,23)(H,22,24,25). The van der Waals surface area contributed by atoms with Crippen molar-refractivity contribution in [2.24, 2.45) is 4.99 Å². The molecule has 0 spiro atoms. The average molecular weight is 429 g/mol. The van der Waals surface area contributed by atoms with Crippen LogP contribution < -0.4 is 10.0 Å². The summed E-state index contributed by atoms with van der Waals surface area (Å²) in [6.45, 7) is 0.750. The number of nitrogens with zero attached hydrogens (tertiary/aromatic N) is 1. The quantitative estimate of drug-likeness (QED) is 0.645. The number of benzene rings is 2. The van der Waals surface area contributed by atoms with E-state index in [2.05, 4.69) is 15.0 Å². The molecule has 9 nitrogen and oxygen atoms in total. The van der Waals surface area contributed by atoms with Gasteiger partial charge in [0.2, 0.25) is 5.91 Å². The number of ether oxygens (including phenoxy) is 1. The number of imide groups is 1. The van der Waals surface area contributed by atoms with E-state index in [4.69, 9.17) is 4.74 Å². The van der Waals surface area contributed by atoms with Crippen LogP contribution in [0.5, 0.6) is 0 Å². The normalized spacial score (nSPS) is 16.2. The zero-order valence-electron chi connectivity index (χ0n) is 16.0. The summed E-state index contributed by atoms with van der Waals surface area (Å²) in [5, 5.41) is 2.14. The first-order valence-corrected chi connectivity index (χ1v) is 10.5. The zero-order chi connectivity index (χ0) is 21.7. The number of amidine groups is 1. The van der Waals surface area contributed by atoms with E-state index in [0.29, 0.717) is 5.56 Å². The van der Waals surface area contributed by atoms with Gasteiger partial charge in [0.15, 0.2) is 6.61 Å². The van der Waals surface area contributed by atoms with Gasteiger partial charge in [-0.15, -0.1) is 0 Å². The maximum absolute atomic E-state index is 12.1. The number of hydrogen-bond donors (Lipinski definition) is 2. The number of carbonyl (C=O) groups excluding carboxylic acids is 3. The van der Waals surface area contributed by atoms with Crippen LogP contribution >= 0.6 is 0 Å². The highest BCUT2D eigenvalue weighted by atomic mass is 32.2. The molecule has 2 N–H and O–H groups in total. The summed E-state index contributed by atoms with van der Waals surface area (Å²) in [4.78, 5) is 39.9. The maximum Gasteiger partial charge on any atom is 0.331 e. The molecule has 1 unspecified atom stereocenters. The molecular weight excluding hydrogens is 410 g/mol. The molecule has 0 radical (unpaired) electrons. The highest BCUT2D eigenvalue weighted by Gasteiger charge is 2.31. The Morgan fingerprint density at radius 3 is 2.43 bits per heavy atom. The molecule has 1 heterocycles. The van der Waals surface area contributed by atoms with E-state index in [1.165, 1.54) is 13.0 Å². The van der Waals surface area contributed by atoms with E-state index in [-0.39, 0.29) is 17.2 Å². The van der Waals surface area contributed by atoms with Crippen LogP contribution in [0.25, 0.3) is 0 Å². The predicted octanol–water partition coefficient (Wildman–Crippen LogP) is 0.542. The van der Waals surface area contributed by atoms with Crippen LogP contribution in [0.2, 0.25) is 0 Å². The van der Waals surface area contributed by atoms with Crippen molar-refractivity contribution in [3.8, 4) is 0 Å². The Labute approximate surface area is 173 Å². The second-order valence-electron chi connectivity index (χ2n) is 6.50. The van der Waals surface area contributed by atoms with Crippen molar-refractivity contribution in [2.45, 2.75) is 24.3 Å². The number of carbonyl (C=O) groups is 3. The van der Waals surface area contributed by atoms with Crippen molar-refractivity contribution in [3.63, 3.8) is 0 Å². The lowest BCUT2D eigenvalue weighted by Crippen LogP contribution is -2.36. The van der Waals surface area contributed by atoms with Crippen LogP contribution in [0.3, 0.4) is 0 Å². The van der Waals surface area contributed by atoms with Gasteiger partial charge in [-0.3, -0.25) is 24.6 Å². The van der Waals surface area contributed by atoms with E-state index in [1.54, 1.807) is 42.5 Å². The number of nitrogens with one attached hydrogen (secondary N) is 2. The average Bonchev–Trinajstić information content (AvgIpc) is 2.97. The molecule has 0 bridgehead atoms. The third kappa shape index (κ3) is 5.09. The molecule has 1 atom stereocenters. The van der Waals surface area contributed by atoms with Crippen LogP contribution in [-0.2, 0) is 35.6 Å². The van der Waals surface area contributed by atoms with Crippen molar-refractivity contribution in [2.75, 3.05) is 6.61 Å². The molecule has 0 saturated heterocycles. The van der Waals surface area contributed by atoms with E-state index in [9.17, 15) is 22.8 Å². The first kappa shape index (κ1) is 21.2. The molecule has 156 valence electrons. The minimum atomic E-state index is -3.73. The lowest BCUT2D eigenvalue weighted by Gasteiger charge is -2.09. The SMILES string of the molecule is CC(N=C1NS(=O)(=O)c2ccccc21)C(=O)OCC(=O)NC(=O)Cc1ccccc1. The van der Waals surface area contributed by atoms with Crippen molar-refractivity contribution in [3.05, 3.63) is 65.7 Å². The maximum atomic E-state index is 12.1. The Morgan fingerprint density at radius 2 is 1.70 bits per heavy atom. The molecule has 2 aromatic rings. The lowest BCUT2D eigenvalue weighted by atomic mass is 10.1. The van der Waals surface area contributed by atoms with Gasteiger partial charge in [-0.25, -0.2) is 13.2 Å². The largest absolute Gasteiger partial charge is 0.454 e. The van der Waals surface area contributed by atoms with Gasteiger partial charge in [-0.05, 0) is 24.6 Å². The first-order valence-electron chi connectivity index (χ1n) is 8.99. The molecule has 1 aliphatic rings. The second kappa shape index (κ2) is 8.87. The molecule has 0 aromatic heterocycles. The summed E-state index contributed by atoms with van der Waals surface area (Å²) in [5.74, 6) is -2.10. The Bertz CT molecular complexity index is 1110. The van der Waals surface area contributed by atoms with Gasteiger partial charge in [0, 0.05) is 5.56 Å². The monoisotopic (exact) mass is 429 g/mol. The van der Waals surface area contributed by atoms with Crippen LogP contribution in [0.15, 0.2) is 64.5 Å². The number of esters is 1. The van der Waals surface area contributed by atoms with Crippen LogP contribution in [-0.4, -0.2) is 44.7 Å². The smallest absolute Gasteiger partial charge is 0.331 e. The Morgan fingerprint density at radius 1 is 1.03 bits per heavy atom. The predicted molar refractivity (Wildman–Crippen MR) is 107 cm³/mol. The summed E-state index contributed by atoms with van der Waals surface area (Å²) in [5.41, 5.74) is 1.09. The molecule has 1 aliphatic heterocycles. The third-order valence-electron chi connectivity index (χ3n) is 4.16. The number of hydrogen-bond acceptors (Lipinski definition) is 7. The fourth-order valence-electron chi connectivity index (χ4n) is 2.75. The Balaban J connectivity index is 1.53. The van der Waals surface area contributed by atoms with Crippen LogP contribution in [0.4, 0.5) is 0 Å². The number of sulfonamides is 1. The lowest BCUT2D eigenvalue weighted by molar-refractivity contribution is -0.150. The molecule has 3 rings (SSSR count). The highest BCUT2D eigenvalue weighted by Crippen LogP contribution is 2.22. The minimum absolute atomic E-state index is 0.0180. The molecule has 2 amide bonds. The molecular formula is C20H19N3O6S. The van der Waals surface area contributed by atoms with Gasteiger partial charge >= 0.3 is 5.97 Å². The molecule has 0 aliphatic carbocycles. The Hall–Kier alpha value is -3.53. The van der Waals surface area contributed by atoms with Gasteiger partial charge in [-0.2, -0.15) is 0 Å². The fourth-order valence-corrected chi connectivity index (χ4v) is 3.99. The van der Waals surface area contributed by atoms with E-state index in [1.807, 2.05) is 6.07 Å². The molecule has 10 heteroatoms. The third-order valence-corrected chi connectivity index (χ3v) is 5.56. The Kier molecular flexibility index (Phi) is 6.26. The summed E-state index contributed by atoms with van der Waals surface area (Å²) in [6.07, 6.45) is 0.0180. The first-order chi connectivity index (χ1) is 14.3. The zero-order valence-corrected chi connectivity index (χ0v) is 16.8. The topological polar surface area (TPSA) is 131 Å². The van der Waals surface area contributed by atoms with Gasteiger partial charge in [0.25, 0.3) is 15.9 Å². The summed E-state index contributed by atoms with van der Waals surface area (Å²) in [6, 6.07) is 14.0. The number of fused-ring (bicyclic) bond motifs is 1. The van der Waals surface area contributed by atoms with Gasteiger partial charge < -0.3 is 4.74 Å². The summed E-state index contributed by atoms with van der Waals surface area (Å²) >= 11 is 0. The summed E-state index contributed by atoms with van der Waals surface area (Å²) in [7, 11) is -3.73. The molecule has 0 fully saturated rings. The highest BCUT2D eigenvalue weighted by molar-refractivity contribution is 7.90. The van der Waals surface area contributed by atoms with E-state index in [0.717, 1.165) is 5.56 Å². The van der Waals surface area contributed by atoms with Crippen LogP contribution in [0, 0.1) is 0 Å². The number of aliphatic imine (C=N–C) groups is 1. The molecule has 2 aromatic carbocycles. The van der Waals surface area contributed by atoms with Gasteiger partial charge in [-0.1, -0.05) is 42.5 Å². The van der Waals surface area contributed by atoms with Crippen molar-refractivity contribution >= 4 is 33.6 Å². The van der Waals surface area contributed by atoms with Crippen molar-refractivity contribution < 1.29 is 27.5 Å². The minimum Gasteiger partial charge on any atom is -0.454 e. The fraction of sp³-hybridized carbons (Fsp3) is 0.200. The van der Waals surface area contributed by atoms with Gasteiger partial charge in [0.05, 0.1) is 11.3 Å². The number of rotatable bonds is 6. The van der Waals surface area contributed by atoms with Crippen LogP contribution in [0.1, 0.15) is 18.1 Å². The molecule has 30 heavy (non-hydrogen) atoms. The van der Waals surface area contributed by atoms with Gasteiger partial charge in [0.1, 0.15) is 11.9 Å². The van der Waals surface area contributed by atoms with Crippen molar-refractivity contribution in [1.29, 1.82) is 0 Å². The molecule has 0 saturated carbocycles. The summed E-state index contributed by atoms with van der Waals surface area (Å²) < 4.78 is 31.3.